The highest BCUT2D eigenvalue weighted by molar-refractivity contribution is 5.94. The van der Waals surface area contributed by atoms with E-state index in [2.05, 4.69) is 15.3 Å². The number of aryl methyl sites for hydroxylation is 1. The molecule has 3 N–H and O–H groups in total. The minimum Gasteiger partial charge on any atom is -0.393 e. The lowest BCUT2D eigenvalue weighted by atomic mass is 9.76. The lowest BCUT2D eigenvalue weighted by Crippen LogP contribution is -2.42. The van der Waals surface area contributed by atoms with Crippen LogP contribution in [0.15, 0.2) is 41.3 Å². The van der Waals surface area contributed by atoms with Crippen molar-refractivity contribution in [1.82, 2.24) is 15.3 Å². The molecule has 0 bridgehead atoms. The van der Waals surface area contributed by atoms with Gasteiger partial charge in [-0.05, 0) is 43.4 Å². The molecule has 0 saturated heterocycles. The second-order valence-corrected chi connectivity index (χ2v) is 6.20. The highest BCUT2D eigenvalue weighted by Gasteiger charge is 2.36. The van der Waals surface area contributed by atoms with Crippen molar-refractivity contribution >= 4 is 5.91 Å². The molecule has 24 heavy (non-hydrogen) atoms. The number of aromatic nitrogens is 2. The van der Waals surface area contributed by atoms with Crippen molar-refractivity contribution in [2.45, 2.75) is 38.3 Å². The molecular weight excluding hydrogens is 306 g/mol. The Labute approximate surface area is 140 Å². The fraction of sp³-hybridized carbons (Fsp3) is 0.389. The summed E-state index contributed by atoms with van der Waals surface area (Å²) in [5, 5.41) is 12.6. The van der Waals surface area contributed by atoms with Crippen LogP contribution in [0.1, 0.15) is 47.6 Å². The molecule has 0 aliphatic heterocycles. The van der Waals surface area contributed by atoms with E-state index in [-0.39, 0.29) is 29.5 Å². The van der Waals surface area contributed by atoms with Crippen LogP contribution in [-0.2, 0) is 6.42 Å². The van der Waals surface area contributed by atoms with Crippen LogP contribution in [0, 0.1) is 5.92 Å². The number of pyridine rings is 2. The summed E-state index contributed by atoms with van der Waals surface area (Å²) in [5.74, 6) is -0.153. The number of nitrogens with zero attached hydrogens (tertiary/aromatic N) is 1. The van der Waals surface area contributed by atoms with Crippen LogP contribution in [0.3, 0.4) is 0 Å². The van der Waals surface area contributed by atoms with Gasteiger partial charge < -0.3 is 15.4 Å². The Morgan fingerprint density at radius 2 is 2.21 bits per heavy atom. The molecule has 1 aliphatic carbocycles. The standard InChI is InChI=1S/C18H21N3O3/c1-2-13-7-12(10-16(23)20-13)18(24)21-17(11-8-14(22)9-11)15-5-3-4-6-19-15/h3-7,10-11,14,17,22H,2,8-9H2,1H3,(H,20,23)(H,21,24)/t11?,14?,17-/m0/s1. The summed E-state index contributed by atoms with van der Waals surface area (Å²) in [5.41, 5.74) is 1.55. The highest BCUT2D eigenvalue weighted by Crippen LogP contribution is 2.37. The average Bonchev–Trinajstić information content (AvgIpc) is 2.57. The van der Waals surface area contributed by atoms with Crippen molar-refractivity contribution in [2.24, 2.45) is 5.92 Å². The van der Waals surface area contributed by atoms with E-state index in [9.17, 15) is 14.7 Å². The molecule has 1 fully saturated rings. The number of aliphatic hydroxyl groups excluding tert-OH is 1. The minimum atomic E-state index is -0.315. The van der Waals surface area contributed by atoms with Gasteiger partial charge in [-0.1, -0.05) is 13.0 Å². The van der Waals surface area contributed by atoms with Gasteiger partial charge in [0.25, 0.3) is 5.91 Å². The van der Waals surface area contributed by atoms with E-state index in [0.717, 1.165) is 11.4 Å². The van der Waals surface area contributed by atoms with Crippen molar-refractivity contribution in [3.63, 3.8) is 0 Å². The largest absolute Gasteiger partial charge is 0.393 e. The van der Waals surface area contributed by atoms with E-state index in [1.807, 2.05) is 25.1 Å². The number of hydrogen-bond acceptors (Lipinski definition) is 4. The molecule has 0 aromatic carbocycles. The smallest absolute Gasteiger partial charge is 0.252 e. The number of aliphatic hydroxyl groups is 1. The lowest BCUT2D eigenvalue weighted by Gasteiger charge is -2.37. The number of amides is 1. The van der Waals surface area contributed by atoms with Gasteiger partial charge in [0.2, 0.25) is 5.56 Å². The second kappa shape index (κ2) is 6.97. The predicted molar refractivity (Wildman–Crippen MR) is 89.6 cm³/mol. The van der Waals surface area contributed by atoms with E-state index < -0.39 is 0 Å². The van der Waals surface area contributed by atoms with Gasteiger partial charge in [0, 0.05) is 23.5 Å². The molecule has 6 nitrogen and oxygen atoms in total. The normalized spacial score (nSPS) is 20.9. The molecule has 2 heterocycles. The maximum Gasteiger partial charge on any atom is 0.252 e. The Balaban J connectivity index is 1.83. The predicted octanol–water partition coefficient (Wildman–Crippen LogP) is 1.57. The number of hydrogen-bond donors (Lipinski definition) is 3. The maximum atomic E-state index is 12.6. The Morgan fingerprint density at radius 3 is 2.83 bits per heavy atom. The van der Waals surface area contributed by atoms with Gasteiger partial charge in [-0.15, -0.1) is 0 Å². The second-order valence-electron chi connectivity index (χ2n) is 6.20. The van der Waals surface area contributed by atoms with Crippen molar-refractivity contribution in [3.8, 4) is 0 Å². The Morgan fingerprint density at radius 1 is 1.42 bits per heavy atom. The first-order valence-electron chi connectivity index (χ1n) is 8.20. The molecular formula is C18H21N3O3. The molecule has 2 aromatic heterocycles. The summed E-state index contributed by atoms with van der Waals surface area (Å²) in [6.07, 6.45) is 3.29. The van der Waals surface area contributed by atoms with Crippen LogP contribution in [-0.4, -0.2) is 27.1 Å². The van der Waals surface area contributed by atoms with Crippen molar-refractivity contribution in [2.75, 3.05) is 0 Å². The first-order valence-corrected chi connectivity index (χ1v) is 8.20. The van der Waals surface area contributed by atoms with Gasteiger partial charge in [-0.2, -0.15) is 0 Å². The molecule has 0 spiro atoms. The zero-order valence-corrected chi connectivity index (χ0v) is 13.5. The summed E-state index contributed by atoms with van der Waals surface area (Å²) in [6, 6.07) is 8.29. The maximum absolute atomic E-state index is 12.6. The summed E-state index contributed by atoms with van der Waals surface area (Å²) in [6.45, 7) is 1.92. The third-order valence-corrected chi connectivity index (χ3v) is 4.46. The summed E-state index contributed by atoms with van der Waals surface area (Å²) < 4.78 is 0. The Hall–Kier alpha value is -2.47. The SMILES string of the molecule is CCc1cc(C(=O)N[C@H](c2ccccn2)C2CC(O)C2)cc(=O)[nH]1. The first-order chi connectivity index (χ1) is 11.6. The van der Waals surface area contributed by atoms with Crippen molar-refractivity contribution < 1.29 is 9.90 Å². The highest BCUT2D eigenvalue weighted by atomic mass is 16.3. The van der Waals surface area contributed by atoms with Crippen LogP contribution in [0.4, 0.5) is 0 Å². The molecule has 0 radical (unpaired) electrons. The van der Waals surface area contributed by atoms with E-state index in [4.69, 9.17) is 0 Å². The van der Waals surface area contributed by atoms with Crippen LogP contribution >= 0.6 is 0 Å². The number of carbonyl (C=O) groups excluding carboxylic acids is 1. The quantitative estimate of drug-likeness (QED) is 0.777. The van der Waals surface area contributed by atoms with Crippen LogP contribution in [0.5, 0.6) is 0 Å². The first kappa shape index (κ1) is 16.4. The number of rotatable bonds is 5. The van der Waals surface area contributed by atoms with Crippen LogP contribution < -0.4 is 10.9 Å². The van der Waals surface area contributed by atoms with Gasteiger partial charge in [0.15, 0.2) is 0 Å². The fourth-order valence-corrected chi connectivity index (χ4v) is 3.04. The third kappa shape index (κ3) is 3.54. The van der Waals surface area contributed by atoms with Gasteiger partial charge >= 0.3 is 0 Å². The third-order valence-electron chi connectivity index (χ3n) is 4.46. The lowest BCUT2D eigenvalue weighted by molar-refractivity contribution is 0.0228. The van der Waals surface area contributed by atoms with Crippen LogP contribution in [0.2, 0.25) is 0 Å². The number of carbonyl (C=O) groups is 1. The summed E-state index contributed by atoms with van der Waals surface area (Å²) in [7, 11) is 0. The number of aromatic amines is 1. The molecule has 6 heteroatoms. The topological polar surface area (TPSA) is 95.1 Å². The van der Waals surface area contributed by atoms with E-state index in [1.165, 1.54) is 6.07 Å². The van der Waals surface area contributed by atoms with Crippen molar-refractivity contribution in [3.05, 3.63) is 63.8 Å². The van der Waals surface area contributed by atoms with Gasteiger partial charge in [-0.3, -0.25) is 14.6 Å². The average molecular weight is 327 g/mol. The summed E-state index contributed by atoms with van der Waals surface area (Å²) in [4.78, 5) is 31.4. The molecule has 1 atom stereocenters. The molecule has 1 aliphatic rings. The molecule has 1 amide bonds. The zero-order valence-electron chi connectivity index (χ0n) is 13.5. The molecule has 2 aromatic rings. The number of nitrogens with one attached hydrogen (secondary N) is 2. The fourth-order valence-electron chi connectivity index (χ4n) is 3.04. The van der Waals surface area contributed by atoms with Gasteiger partial charge in [-0.25, -0.2) is 0 Å². The van der Waals surface area contributed by atoms with E-state index >= 15 is 0 Å². The molecule has 126 valence electrons. The Kier molecular flexibility index (Phi) is 4.76. The number of H-pyrrole nitrogens is 1. The minimum absolute atomic E-state index is 0.145. The zero-order chi connectivity index (χ0) is 17.1. The molecule has 1 saturated carbocycles. The summed E-state index contributed by atoms with van der Waals surface area (Å²) >= 11 is 0. The van der Waals surface area contributed by atoms with Crippen LogP contribution in [0.25, 0.3) is 0 Å². The van der Waals surface area contributed by atoms with Gasteiger partial charge in [0.05, 0.1) is 17.8 Å². The van der Waals surface area contributed by atoms with E-state index in [1.54, 1.807) is 12.3 Å². The molecule has 3 rings (SSSR count). The Bertz CT molecular complexity index is 767. The van der Waals surface area contributed by atoms with Crippen molar-refractivity contribution in [1.29, 1.82) is 0 Å². The molecule has 0 unspecified atom stereocenters. The van der Waals surface area contributed by atoms with E-state index in [0.29, 0.717) is 24.8 Å². The monoisotopic (exact) mass is 327 g/mol. The van der Waals surface area contributed by atoms with Gasteiger partial charge in [0.1, 0.15) is 0 Å².